The second-order valence-corrected chi connectivity index (χ2v) is 4.12. The summed E-state index contributed by atoms with van der Waals surface area (Å²) in [6, 6.07) is 1.99. The second kappa shape index (κ2) is 7.24. The highest BCUT2D eigenvalue weighted by Crippen LogP contribution is 2.24. The first-order valence-electron chi connectivity index (χ1n) is 6.15. The average Bonchev–Trinajstić information content (AvgIpc) is 2.44. The molecule has 0 saturated carbocycles. The van der Waals surface area contributed by atoms with Crippen LogP contribution in [0, 0.1) is 10.1 Å². The molecule has 1 heterocycles. The van der Waals surface area contributed by atoms with Crippen LogP contribution < -0.4 is 21.9 Å². The summed E-state index contributed by atoms with van der Waals surface area (Å²) in [5.74, 6) is 5.21. The first-order chi connectivity index (χ1) is 9.49. The zero-order chi connectivity index (χ0) is 15.1. The summed E-state index contributed by atoms with van der Waals surface area (Å²) < 4.78 is 0. The van der Waals surface area contributed by atoms with E-state index < -0.39 is 11.0 Å². The fourth-order valence-corrected chi connectivity index (χ4v) is 1.46. The standard InChI is InChI=1S/C11H18N6O3/c1-3-6-13-11(18)7(2)14-10-8(17(19)20)4-5-9(15-10)16-12/h4-5,7H,3,6,12H2,1-2H3,(H,13,18)(H2,14,15,16). The SMILES string of the molecule is CCCNC(=O)C(C)Nc1nc(NN)ccc1[N+](=O)[O-]. The molecule has 5 N–H and O–H groups in total. The summed E-state index contributed by atoms with van der Waals surface area (Å²) in [5, 5.41) is 16.3. The zero-order valence-electron chi connectivity index (χ0n) is 11.3. The molecule has 0 radical (unpaired) electrons. The molecule has 0 aliphatic carbocycles. The van der Waals surface area contributed by atoms with E-state index in [1.54, 1.807) is 6.92 Å². The van der Waals surface area contributed by atoms with Crippen LogP contribution >= 0.6 is 0 Å². The minimum absolute atomic E-state index is 0.00963. The summed E-state index contributed by atoms with van der Waals surface area (Å²) >= 11 is 0. The molecule has 0 aliphatic heterocycles. The Labute approximate surface area is 116 Å². The zero-order valence-corrected chi connectivity index (χ0v) is 11.3. The van der Waals surface area contributed by atoms with Gasteiger partial charge in [0, 0.05) is 12.6 Å². The Bertz CT molecular complexity index is 493. The Hall–Kier alpha value is -2.42. The van der Waals surface area contributed by atoms with Gasteiger partial charge >= 0.3 is 5.69 Å². The molecule has 0 fully saturated rings. The Morgan fingerprint density at radius 3 is 2.80 bits per heavy atom. The quantitative estimate of drug-likeness (QED) is 0.326. The topological polar surface area (TPSA) is 135 Å². The smallest absolute Gasteiger partial charge is 0.311 e. The Kier molecular flexibility index (Phi) is 5.66. The van der Waals surface area contributed by atoms with E-state index in [9.17, 15) is 14.9 Å². The maximum Gasteiger partial charge on any atom is 0.311 e. The third-order valence-electron chi connectivity index (χ3n) is 2.51. The van der Waals surface area contributed by atoms with E-state index in [-0.39, 0.29) is 23.2 Å². The third-order valence-corrected chi connectivity index (χ3v) is 2.51. The van der Waals surface area contributed by atoms with E-state index in [0.29, 0.717) is 6.54 Å². The van der Waals surface area contributed by atoms with Crippen LogP contribution in [0.4, 0.5) is 17.3 Å². The molecular weight excluding hydrogens is 264 g/mol. The average molecular weight is 282 g/mol. The van der Waals surface area contributed by atoms with Gasteiger partial charge in [0.05, 0.1) is 4.92 Å². The lowest BCUT2D eigenvalue weighted by molar-refractivity contribution is -0.384. The Morgan fingerprint density at radius 2 is 2.25 bits per heavy atom. The number of nitrogen functional groups attached to an aromatic ring is 1. The molecule has 0 spiro atoms. The molecule has 1 rings (SSSR count). The molecule has 0 aromatic carbocycles. The maximum atomic E-state index is 11.7. The first-order valence-corrected chi connectivity index (χ1v) is 6.15. The highest BCUT2D eigenvalue weighted by Gasteiger charge is 2.20. The van der Waals surface area contributed by atoms with Gasteiger partial charge in [0.1, 0.15) is 11.9 Å². The van der Waals surface area contributed by atoms with Crippen LogP contribution in [-0.4, -0.2) is 28.4 Å². The van der Waals surface area contributed by atoms with Crippen molar-refractivity contribution in [1.29, 1.82) is 0 Å². The number of hydrogen-bond acceptors (Lipinski definition) is 7. The molecule has 1 aromatic rings. The second-order valence-electron chi connectivity index (χ2n) is 4.12. The van der Waals surface area contributed by atoms with Gasteiger partial charge in [-0.3, -0.25) is 14.9 Å². The van der Waals surface area contributed by atoms with Gasteiger partial charge in [-0.25, -0.2) is 10.8 Å². The van der Waals surface area contributed by atoms with Crippen LogP contribution in [0.3, 0.4) is 0 Å². The van der Waals surface area contributed by atoms with Crippen molar-refractivity contribution in [2.24, 2.45) is 5.84 Å². The lowest BCUT2D eigenvalue weighted by Crippen LogP contribution is -2.38. The van der Waals surface area contributed by atoms with Crippen molar-refractivity contribution < 1.29 is 9.72 Å². The number of nitrogens with zero attached hydrogens (tertiary/aromatic N) is 2. The highest BCUT2D eigenvalue weighted by atomic mass is 16.6. The number of nitrogens with one attached hydrogen (secondary N) is 3. The van der Waals surface area contributed by atoms with Gasteiger partial charge in [-0.2, -0.15) is 0 Å². The summed E-state index contributed by atoms with van der Waals surface area (Å²) in [4.78, 5) is 26.0. The van der Waals surface area contributed by atoms with Gasteiger partial charge in [-0.05, 0) is 19.4 Å². The van der Waals surface area contributed by atoms with Crippen LogP contribution in [0.1, 0.15) is 20.3 Å². The van der Waals surface area contributed by atoms with E-state index in [4.69, 9.17) is 5.84 Å². The fourth-order valence-electron chi connectivity index (χ4n) is 1.46. The minimum Gasteiger partial charge on any atom is -0.354 e. The van der Waals surface area contributed by atoms with Gasteiger partial charge in [0.15, 0.2) is 0 Å². The van der Waals surface area contributed by atoms with E-state index in [0.717, 1.165) is 6.42 Å². The summed E-state index contributed by atoms with van der Waals surface area (Å²) in [6.45, 7) is 4.07. The number of hydrazine groups is 1. The summed E-state index contributed by atoms with van der Waals surface area (Å²) in [6.07, 6.45) is 0.809. The number of hydrogen-bond donors (Lipinski definition) is 4. The predicted octanol–water partition coefficient (Wildman–Crippen LogP) is 0.602. The molecule has 1 unspecified atom stereocenters. The molecule has 0 bridgehead atoms. The summed E-state index contributed by atoms with van der Waals surface area (Å²) in [7, 11) is 0. The van der Waals surface area contributed by atoms with Crippen molar-refractivity contribution in [2.45, 2.75) is 26.3 Å². The summed E-state index contributed by atoms with van der Waals surface area (Å²) in [5.41, 5.74) is 2.07. The number of aromatic nitrogens is 1. The Morgan fingerprint density at radius 1 is 1.55 bits per heavy atom. The van der Waals surface area contributed by atoms with Crippen molar-refractivity contribution in [2.75, 3.05) is 17.3 Å². The largest absolute Gasteiger partial charge is 0.354 e. The molecule has 9 heteroatoms. The van der Waals surface area contributed by atoms with Gasteiger partial charge in [-0.1, -0.05) is 6.92 Å². The number of nitrogens with two attached hydrogens (primary N) is 1. The van der Waals surface area contributed by atoms with Crippen molar-refractivity contribution >= 4 is 23.2 Å². The lowest BCUT2D eigenvalue weighted by Gasteiger charge is -2.14. The number of amides is 1. The maximum absolute atomic E-state index is 11.7. The molecule has 1 aromatic heterocycles. The lowest BCUT2D eigenvalue weighted by atomic mass is 10.3. The predicted molar refractivity (Wildman–Crippen MR) is 75.1 cm³/mol. The van der Waals surface area contributed by atoms with Crippen LogP contribution in [0.15, 0.2) is 12.1 Å². The third kappa shape index (κ3) is 4.05. The molecule has 1 atom stereocenters. The van der Waals surface area contributed by atoms with Crippen LogP contribution in [-0.2, 0) is 4.79 Å². The first kappa shape index (κ1) is 15.6. The number of nitro groups is 1. The van der Waals surface area contributed by atoms with Crippen LogP contribution in [0.25, 0.3) is 0 Å². The molecule has 0 saturated heterocycles. The monoisotopic (exact) mass is 282 g/mol. The van der Waals surface area contributed by atoms with Crippen molar-refractivity contribution in [3.05, 3.63) is 22.2 Å². The number of carbonyl (C=O) groups is 1. The van der Waals surface area contributed by atoms with Crippen LogP contribution in [0.5, 0.6) is 0 Å². The number of pyridine rings is 1. The van der Waals surface area contributed by atoms with Crippen molar-refractivity contribution in [3.63, 3.8) is 0 Å². The molecule has 110 valence electrons. The Balaban J connectivity index is 2.89. The molecule has 9 nitrogen and oxygen atoms in total. The van der Waals surface area contributed by atoms with Gasteiger partial charge in [0.2, 0.25) is 11.7 Å². The van der Waals surface area contributed by atoms with E-state index >= 15 is 0 Å². The fraction of sp³-hybridized carbons (Fsp3) is 0.455. The molecule has 0 aliphatic rings. The number of rotatable bonds is 7. The van der Waals surface area contributed by atoms with E-state index in [1.165, 1.54) is 12.1 Å². The van der Waals surface area contributed by atoms with E-state index in [1.807, 2.05) is 6.92 Å². The molecule has 1 amide bonds. The minimum atomic E-state index is -0.652. The highest BCUT2D eigenvalue weighted by molar-refractivity contribution is 5.84. The van der Waals surface area contributed by atoms with Gasteiger partial charge in [0.25, 0.3) is 0 Å². The van der Waals surface area contributed by atoms with Gasteiger partial charge in [-0.15, -0.1) is 0 Å². The van der Waals surface area contributed by atoms with E-state index in [2.05, 4.69) is 21.0 Å². The number of carbonyl (C=O) groups excluding carboxylic acids is 1. The molecule has 20 heavy (non-hydrogen) atoms. The normalized spacial score (nSPS) is 11.6. The van der Waals surface area contributed by atoms with Crippen molar-refractivity contribution in [3.8, 4) is 0 Å². The van der Waals surface area contributed by atoms with Gasteiger partial charge < -0.3 is 16.1 Å². The molecular formula is C11H18N6O3. The van der Waals surface area contributed by atoms with Crippen LogP contribution in [0.2, 0.25) is 0 Å². The van der Waals surface area contributed by atoms with Crippen molar-refractivity contribution in [1.82, 2.24) is 10.3 Å². The number of anilines is 2.